The Kier molecular flexibility index (Phi) is 13.9. The molecule has 0 aromatic carbocycles. The van der Waals surface area contributed by atoms with Crippen molar-refractivity contribution in [1.29, 1.82) is 0 Å². The third-order valence-corrected chi connectivity index (χ3v) is 3.85. The van der Waals surface area contributed by atoms with Crippen molar-refractivity contribution in [2.75, 3.05) is 33.2 Å². The first-order valence-electron chi connectivity index (χ1n) is 9.23. The van der Waals surface area contributed by atoms with Crippen molar-refractivity contribution in [3.8, 4) is 0 Å². The molecule has 0 bridgehead atoms. The fourth-order valence-corrected chi connectivity index (χ4v) is 2.55. The molecule has 146 valence electrons. The van der Waals surface area contributed by atoms with E-state index in [1.54, 1.807) is 7.05 Å². The number of aromatic nitrogens is 1. The van der Waals surface area contributed by atoms with Gasteiger partial charge in [-0.25, -0.2) is 0 Å². The van der Waals surface area contributed by atoms with E-state index in [-0.39, 0.29) is 24.0 Å². The summed E-state index contributed by atoms with van der Waals surface area (Å²) in [4.78, 5) is 6.78. The van der Waals surface area contributed by atoms with Crippen LogP contribution >= 0.6 is 24.0 Å². The largest absolute Gasteiger partial charge is 0.359 e. The number of nitrogens with one attached hydrogen (secondary N) is 2. The van der Waals surface area contributed by atoms with Gasteiger partial charge in [0.2, 0.25) is 0 Å². The first-order valence-corrected chi connectivity index (χ1v) is 9.23. The molecule has 0 spiro atoms. The summed E-state index contributed by atoms with van der Waals surface area (Å²) in [6, 6.07) is 2.00. The van der Waals surface area contributed by atoms with Crippen molar-refractivity contribution in [3.63, 3.8) is 0 Å². The zero-order valence-electron chi connectivity index (χ0n) is 16.5. The highest BCUT2D eigenvalue weighted by molar-refractivity contribution is 14.0. The fraction of sp³-hybridized carbons (Fsp3) is 0.778. The summed E-state index contributed by atoms with van der Waals surface area (Å²) in [6.45, 7) is 13.7. The Morgan fingerprint density at radius 3 is 2.40 bits per heavy atom. The van der Waals surface area contributed by atoms with Crippen LogP contribution in [0, 0.1) is 0 Å². The monoisotopic (exact) mass is 465 g/mol. The summed E-state index contributed by atoms with van der Waals surface area (Å²) in [5.74, 6) is 2.02. The molecule has 0 unspecified atom stereocenters. The standard InChI is InChI=1S/C18H35N5O.HI/c1-6-10-23(11-7-2)12-8-9-20-18(19-5)21-14-16-13-17(15(3)4)22-24-16;/h13,15H,6-12,14H2,1-5H3,(H2,19,20,21);1H. The van der Waals surface area contributed by atoms with Gasteiger partial charge in [-0.05, 0) is 44.8 Å². The maximum absolute atomic E-state index is 5.33. The molecule has 0 aliphatic carbocycles. The second-order valence-electron chi connectivity index (χ2n) is 6.42. The third-order valence-electron chi connectivity index (χ3n) is 3.85. The molecule has 1 aromatic heterocycles. The topological polar surface area (TPSA) is 65.7 Å². The zero-order valence-corrected chi connectivity index (χ0v) is 18.8. The van der Waals surface area contributed by atoms with Gasteiger partial charge in [-0.3, -0.25) is 4.99 Å². The summed E-state index contributed by atoms with van der Waals surface area (Å²) in [6.07, 6.45) is 3.54. The lowest BCUT2D eigenvalue weighted by Gasteiger charge is -2.21. The number of halogens is 1. The molecule has 25 heavy (non-hydrogen) atoms. The molecule has 7 heteroatoms. The van der Waals surface area contributed by atoms with Gasteiger partial charge in [0.05, 0.1) is 12.2 Å². The molecule has 0 amide bonds. The van der Waals surface area contributed by atoms with Gasteiger partial charge in [-0.15, -0.1) is 24.0 Å². The van der Waals surface area contributed by atoms with Crippen LogP contribution in [-0.2, 0) is 6.54 Å². The minimum atomic E-state index is 0. The molecule has 0 aliphatic heterocycles. The van der Waals surface area contributed by atoms with Crippen molar-refractivity contribution in [2.45, 2.75) is 59.4 Å². The van der Waals surface area contributed by atoms with Gasteiger partial charge in [-0.1, -0.05) is 32.9 Å². The SMILES string of the molecule is CCCN(CCC)CCCNC(=NC)NCc1cc(C(C)C)no1.I. The van der Waals surface area contributed by atoms with Crippen LogP contribution in [0.4, 0.5) is 0 Å². The van der Waals surface area contributed by atoms with Gasteiger partial charge in [0.15, 0.2) is 11.7 Å². The lowest BCUT2D eigenvalue weighted by atomic mass is 10.1. The Morgan fingerprint density at radius 1 is 1.20 bits per heavy atom. The van der Waals surface area contributed by atoms with E-state index in [1.807, 2.05) is 6.07 Å². The van der Waals surface area contributed by atoms with Crippen LogP contribution in [0.15, 0.2) is 15.6 Å². The molecular weight excluding hydrogens is 429 g/mol. The number of hydrogen-bond donors (Lipinski definition) is 2. The third kappa shape index (κ3) is 10.0. The van der Waals surface area contributed by atoms with Crippen LogP contribution in [0.2, 0.25) is 0 Å². The van der Waals surface area contributed by atoms with Gasteiger partial charge < -0.3 is 20.1 Å². The van der Waals surface area contributed by atoms with Crippen LogP contribution in [0.1, 0.15) is 64.3 Å². The van der Waals surface area contributed by atoms with Crippen molar-refractivity contribution < 1.29 is 4.52 Å². The average molecular weight is 465 g/mol. The molecule has 0 fully saturated rings. The van der Waals surface area contributed by atoms with Gasteiger partial charge in [-0.2, -0.15) is 0 Å². The zero-order chi connectivity index (χ0) is 17.8. The molecule has 1 heterocycles. The smallest absolute Gasteiger partial charge is 0.191 e. The highest BCUT2D eigenvalue weighted by Gasteiger charge is 2.08. The lowest BCUT2D eigenvalue weighted by molar-refractivity contribution is 0.271. The quantitative estimate of drug-likeness (QED) is 0.226. The van der Waals surface area contributed by atoms with Crippen molar-refractivity contribution in [1.82, 2.24) is 20.7 Å². The average Bonchev–Trinajstić information content (AvgIpc) is 3.04. The van der Waals surface area contributed by atoms with E-state index in [9.17, 15) is 0 Å². The van der Waals surface area contributed by atoms with E-state index in [0.29, 0.717) is 12.5 Å². The van der Waals surface area contributed by atoms with Crippen LogP contribution in [-0.4, -0.2) is 49.2 Å². The Bertz CT molecular complexity index is 470. The Hall–Kier alpha value is -0.830. The summed E-state index contributed by atoms with van der Waals surface area (Å²) in [5, 5.41) is 10.7. The van der Waals surface area contributed by atoms with Crippen molar-refractivity contribution in [3.05, 3.63) is 17.5 Å². The number of nitrogens with zero attached hydrogens (tertiary/aromatic N) is 3. The van der Waals surface area contributed by atoms with Crippen LogP contribution in [0.5, 0.6) is 0 Å². The molecule has 1 aromatic rings. The molecule has 0 atom stereocenters. The summed E-state index contributed by atoms with van der Waals surface area (Å²) in [5.41, 5.74) is 0.988. The van der Waals surface area contributed by atoms with E-state index in [1.165, 1.54) is 25.9 Å². The molecule has 0 saturated heterocycles. The summed E-state index contributed by atoms with van der Waals surface area (Å²) < 4.78 is 5.33. The molecule has 1 rings (SSSR count). The van der Waals surface area contributed by atoms with Crippen LogP contribution < -0.4 is 10.6 Å². The number of hydrogen-bond acceptors (Lipinski definition) is 4. The maximum atomic E-state index is 5.33. The Morgan fingerprint density at radius 2 is 1.88 bits per heavy atom. The number of aliphatic imine (C=N–C) groups is 1. The molecule has 0 aliphatic rings. The minimum Gasteiger partial charge on any atom is -0.359 e. The summed E-state index contributed by atoms with van der Waals surface area (Å²) in [7, 11) is 1.79. The predicted octanol–water partition coefficient (Wildman–Crippen LogP) is 3.59. The Labute approximate surface area is 170 Å². The normalized spacial score (nSPS) is 11.7. The first kappa shape index (κ1) is 24.2. The van der Waals surface area contributed by atoms with Crippen LogP contribution in [0.25, 0.3) is 0 Å². The van der Waals surface area contributed by atoms with Gasteiger partial charge >= 0.3 is 0 Å². The first-order chi connectivity index (χ1) is 11.6. The predicted molar refractivity (Wildman–Crippen MR) is 116 cm³/mol. The summed E-state index contributed by atoms with van der Waals surface area (Å²) >= 11 is 0. The number of rotatable bonds is 11. The second kappa shape index (κ2) is 14.4. The highest BCUT2D eigenvalue weighted by Crippen LogP contribution is 2.13. The van der Waals surface area contributed by atoms with E-state index < -0.39 is 0 Å². The van der Waals surface area contributed by atoms with Gasteiger partial charge in [0, 0.05) is 19.7 Å². The van der Waals surface area contributed by atoms with E-state index in [2.05, 4.69) is 53.4 Å². The molecule has 0 saturated carbocycles. The molecule has 2 N–H and O–H groups in total. The molecular formula is C18H36IN5O. The van der Waals surface area contributed by atoms with Gasteiger partial charge in [0.1, 0.15) is 0 Å². The van der Waals surface area contributed by atoms with Crippen LogP contribution in [0.3, 0.4) is 0 Å². The minimum absolute atomic E-state index is 0. The van der Waals surface area contributed by atoms with Crippen molar-refractivity contribution in [2.24, 2.45) is 4.99 Å². The fourth-order valence-electron chi connectivity index (χ4n) is 2.55. The van der Waals surface area contributed by atoms with Crippen molar-refractivity contribution >= 4 is 29.9 Å². The molecule has 6 nitrogen and oxygen atoms in total. The lowest BCUT2D eigenvalue weighted by Crippen LogP contribution is -2.38. The van der Waals surface area contributed by atoms with Gasteiger partial charge in [0.25, 0.3) is 0 Å². The highest BCUT2D eigenvalue weighted by atomic mass is 127. The van der Waals surface area contributed by atoms with E-state index >= 15 is 0 Å². The number of guanidine groups is 1. The molecule has 0 radical (unpaired) electrons. The maximum Gasteiger partial charge on any atom is 0.191 e. The van der Waals surface area contributed by atoms with E-state index in [0.717, 1.165) is 36.9 Å². The van der Waals surface area contributed by atoms with E-state index in [4.69, 9.17) is 4.52 Å². The Balaban J connectivity index is 0.00000576. The second-order valence-corrected chi connectivity index (χ2v) is 6.42.